The lowest BCUT2D eigenvalue weighted by molar-refractivity contribution is -0.139. The van der Waals surface area contributed by atoms with Crippen molar-refractivity contribution in [3.8, 4) is 0 Å². The number of carbonyl (C=O) groups is 2. The molecule has 0 spiro atoms. The second-order valence-corrected chi connectivity index (χ2v) is 9.30. The average Bonchev–Trinajstić information content (AvgIpc) is 2.77. The Hall–Kier alpha value is -2.74. The summed E-state index contributed by atoms with van der Waals surface area (Å²) in [7, 11) is 0. The van der Waals surface area contributed by atoms with Crippen LogP contribution >= 0.6 is 11.8 Å². The number of piperazine rings is 1. The number of benzene rings is 2. The molecule has 33 heavy (non-hydrogen) atoms. The Labute approximate surface area is 196 Å². The van der Waals surface area contributed by atoms with Gasteiger partial charge in [-0.05, 0) is 41.3 Å². The van der Waals surface area contributed by atoms with E-state index in [-0.39, 0.29) is 22.6 Å². The highest BCUT2D eigenvalue weighted by Gasteiger charge is 2.34. The summed E-state index contributed by atoms with van der Waals surface area (Å²) in [5.41, 5.74) is 0.574. The number of nitrogens with zero attached hydrogens (tertiary/aromatic N) is 2. The molecule has 0 radical (unpaired) electrons. The van der Waals surface area contributed by atoms with E-state index in [1.54, 1.807) is 15.9 Å². The highest BCUT2D eigenvalue weighted by atomic mass is 32.2. The van der Waals surface area contributed by atoms with E-state index in [0.717, 1.165) is 28.3 Å². The van der Waals surface area contributed by atoms with Crippen molar-refractivity contribution >= 4 is 29.7 Å². The number of hydrogen-bond donors (Lipinski definition) is 0. The third-order valence-electron chi connectivity index (χ3n) is 5.52. The summed E-state index contributed by atoms with van der Waals surface area (Å²) in [4.78, 5) is 28.0. The lowest BCUT2D eigenvalue weighted by atomic mass is 10.0. The van der Waals surface area contributed by atoms with Crippen molar-refractivity contribution in [2.75, 3.05) is 26.2 Å². The largest absolute Gasteiger partial charge is 0.417 e. The van der Waals surface area contributed by atoms with Gasteiger partial charge < -0.3 is 9.80 Å². The SMILES string of the molecule is CC(=O)N1CCN(C(=O)/C=C/c2ccc(Sc3ccccc3C(C)C)c(C(F)(F)F)c2)CC1. The first-order valence-electron chi connectivity index (χ1n) is 10.8. The number of rotatable bonds is 5. The van der Waals surface area contributed by atoms with Crippen LogP contribution < -0.4 is 0 Å². The molecule has 0 aliphatic carbocycles. The third kappa shape index (κ3) is 6.41. The molecule has 2 amide bonds. The summed E-state index contributed by atoms with van der Waals surface area (Å²) in [6.07, 6.45) is -1.82. The third-order valence-corrected chi connectivity index (χ3v) is 6.69. The molecule has 2 aromatic carbocycles. The van der Waals surface area contributed by atoms with Crippen molar-refractivity contribution in [2.24, 2.45) is 0 Å². The zero-order valence-corrected chi connectivity index (χ0v) is 19.7. The molecule has 176 valence electrons. The molecule has 0 unspecified atom stereocenters. The smallest absolute Gasteiger partial charge is 0.339 e. The molecule has 1 aliphatic rings. The fraction of sp³-hybridized carbons (Fsp3) is 0.360. The van der Waals surface area contributed by atoms with Crippen LogP contribution in [0.15, 0.2) is 58.3 Å². The normalized spacial score (nSPS) is 14.9. The molecule has 1 fully saturated rings. The average molecular weight is 477 g/mol. The Morgan fingerprint density at radius 3 is 2.21 bits per heavy atom. The van der Waals surface area contributed by atoms with Crippen LogP contribution in [0, 0.1) is 0 Å². The van der Waals surface area contributed by atoms with Crippen LogP contribution in [0.5, 0.6) is 0 Å². The zero-order chi connectivity index (χ0) is 24.2. The van der Waals surface area contributed by atoms with Gasteiger partial charge in [-0.3, -0.25) is 9.59 Å². The van der Waals surface area contributed by atoms with Crippen molar-refractivity contribution in [2.45, 2.75) is 42.7 Å². The van der Waals surface area contributed by atoms with Gasteiger partial charge in [0, 0.05) is 49.0 Å². The number of alkyl halides is 3. The van der Waals surface area contributed by atoms with Gasteiger partial charge in [0.05, 0.1) is 5.56 Å². The van der Waals surface area contributed by atoms with Gasteiger partial charge >= 0.3 is 6.18 Å². The Balaban J connectivity index is 1.79. The van der Waals surface area contributed by atoms with Gasteiger partial charge in [-0.1, -0.05) is 49.9 Å². The van der Waals surface area contributed by atoms with Gasteiger partial charge in [-0.25, -0.2) is 0 Å². The summed E-state index contributed by atoms with van der Waals surface area (Å²) in [6, 6.07) is 11.6. The van der Waals surface area contributed by atoms with Crippen molar-refractivity contribution < 1.29 is 22.8 Å². The number of halogens is 3. The maximum absolute atomic E-state index is 13.8. The number of hydrogen-bond acceptors (Lipinski definition) is 3. The maximum Gasteiger partial charge on any atom is 0.417 e. The van der Waals surface area contributed by atoms with Crippen molar-refractivity contribution in [3.63, 3.8) is 0 Å². The molecule has 1 aliphatic heterocycles. The molecule has 2 aromatic rings. The summed E-state index contributed by atoms with van der Waals surface area (Å²) < 4.78 is 41.5. The molecular formula is C25H27F3N2O2S. The summed E-state index contributed by atoms with van der Waals surface area (Å²) in [5.74, 6) is -0.129. The van der Waals surface area contributed by atoms with Crippen LogP contribution in [0.1, 0.15) is 43.4 Å². The molecule has 0 bridgehead atoms. The Kier molecular flexibility index (Phi) is 7.89. The number of amides is 2. The first kappa shape index (κ1) is 24.9. The van der Waals surface area contributed by atoms with E-state index in [0.29, 0.717) is 31.7 Å². The van der Waals surface area contributed by atoms with E-state index in [2.05, 4.69) is 0 Å². The summed E-state index contributed by atoms with van der Waals surface area (Å²) in [6.45, 7) is 7.22. The van der Waals surface area contributed by atoms with Crippen LogP contribution in [0.4, 0.5) is 13.2 Å². The van der Waals surface area contributed by atoms with Crippen LogP contribution in [-0.4, -0.2) is 47.8 Å². The quantitative estimate of drug-likeness (QED) is 0.521. The summed E-state index contributed by atoms with van der Waals surface area (Å²) in [5, 5.41) is 0. The van der Waals surface area contributed by atoms with Gasteiger partial charge in [-0.2, -0.15) is 13.2 Å². The molecule has 4 nitrogen and oxygen atoms in total. The Morgan fingerprint density at radius 2 is 1.61 bits per heavy atom. The van der Waals surface area contributed by atoms with E-state index < -0.39 is 11.7 Å². The molecular weight excluding hydrogens is 449 g/mol. The molecule has 0 aromatic heterocycles. The van der Waals surface area contributed by atoms with Crippen molar-refractivity contribution in [1.82, 2.24) is 9.80 Å². The maximum atomic E-state index is 13.8. The minimum atomic E-state index is -4.52. The predicted molar refractivity (Wildman–Crippen MR) is 124 cm³/mol. The van der Waals surface area contributed by atoms with Gasteiger partial charge in [0.15, 0.2) is 0 Å². The molecule has 0 N–H and O–H groups in total. The zero-order valence-electron chi connectivity index (χ0n) is 18.9. The van der Waals surface area contributed by atoms with Crippen LogP contribution in [0.2, 0.25) is 0 Å². The molecule has 1 heterocycles. The fourth-order valence-electron chi connectivity index (χ4n) is 3.65. The van der Waals surface area contributed by atoms with Crippen LogP contribution in [0.3, 0.4) is 0 Å². The van der Waals surface area contributed by atoms with E-state index in [1.807, 2.05) is 38.1 Å². The molecule has 8 heteroatoms. The van der Waals surface area contributed by atoms with Gasteiger partial charge in [-0.15, -0.1) is 0 Å². The van der Waals surface area contributed by atoms with Gasteiger partial charge in [0.25, 0.3) is 0 Å². The highest BCUT2D eigenvalue weighted by Crippen LogP contribution is 2.42. The second kappa shape index (κ2) is 10.5. The molecule has 1 saturated heterocycles. The molecule has 3 rings (SSSR count). The molecule has 0 saturated carbocycles. The van der Waals surface area contributed by atoms with Crippen molar-refractivity contribution in [3.05, 3.63) is 65.2 Å². The van der Waals surface area contributed by atoms with Crippen molar-refractivity contribution in [1.29, 1.82) is 0 Å². The monoisotopic (exact) mass is 476 g/mol. The minimum Gasteiger partial charge on any atom is -0.339 e. The van der Waals surface area contributed by atoms with Gasteiger partial charge in [0.1, 0.15) is 0 Å². The highest BCUT2D eigenvalue weighted by molar-refractivity contribution is 7.99. The second-order valence-electron chi connectivity index (χ2n) is 8.21. The minimum absolute atomic E-state index is 0.0358. The number of carbonyl (C=O) groups excluding carboxylic acids is 2. The lowest BCUT2D eigenvalue weighted by Crippen LogP contribution is -2.49. The van der Waals surface area contributed by atoms with Crippen LogP contribution in [-0.2, 0) is 15.8 Å². The Bertz CT molecular complexity index is 1040. The van der Waals surface area contributed by atoms with E-state index in [4.69, 9.17) is 0 Å². The van der Waals surface area contributed by atoms with E-state index in [9.17, 15) is 22.8 Å². The lowest BCUT2D eigenvalue weighted by Gasteiger charge is -2.33. The fourth-order valence-corrected chi connectivity index (χ4v) is 4.87. The standard InChI is InChI=1S/C25H27F3N2O2S/c1-17(2)20-6-4-5-7-22(20)33-23-10-8-19(16-21(23)25(26,27)28)9-11-24(32)30-14-12-29(13-15-30)18(3)31/h4-11,16-17H,12-15H2,1-3H3/b11-9+. The first-order valence-corrected chi connectivity index (χ1v) is 11.6. The molecule has 0 atom stereocenters. The Morgan fingerprint density at radius 1 is 0.970 bits per heavy atom. The first-order chi connectivity index (χ1) is 15.6. The van der Waals surface area contributed by atoms with E-state index in [1.165, 1.54) is 25.1 Å². The predicted octanol–water partition coefficient (Wildman–Crippen LogP) is 5.68. The van der Waals surface area contributed by atoms with Gasteiger partial charge in [0.2, 0.25) is 11.8 Å². The van der Waals surface area contributed by atoms with Crippen LogP contribution in [0.25, 0.3) is 6.08 Å². The summed E-state index contributed by atoms with van der Waals surface area (Å²) >= 11 is 1.10. The topological polar surface area (TPSA) is 40.6 Å². The van der Waals surface area contributed by atoms with E-state index >= 15 is 0 Å².